The van der Waals surface area contributed by atoms with Crippen LogP contribution in [0.5, 0.6) is 0 Å². The van der Waals surface area contributed by atoms with E-state index in [1.807, 2.05) is 13.8 Å². The minimum Gasteiger partial charge on any atom is -0.475 e. The van der Waals surface area contributed by atoms with Crippen LogP contribution in [0.2, 0.25) is 0 Å². The molecule has 1 aliphatic rings. The molecule has 156 valence electrons. The standard InChI is InChI=1S/C13H24N4O3.C2HF3O2/c1-8(2)6-10(12(19)16-7-11(14)18)17-13(20)9-4-3-5-15-9;3-2(4,5)1(6)7/h8-10,15H,3-7H2,1-2H3,(H2,14,18)(H,16,19)(H,17,20);(H,6,7)/t9-,10-;/m0./s1. The maximum Gasteiger partial charge on any atom is 0.490 e. The van der Waals surface area contributed by atoms with Gasteiger partial charge in [-0.25, -0.2) is 4.79 Å². The summed E-state index contributed by atoms with van der Waals surface area (Å²) in [5.74, 6) is -3.65. The van der Waals surface area contributed by atoms with Crippen molar-refractivity contribution in [2.75, 3.05) is 13.1 Å². The van der Waals surface area contributed by atoms with Gasteiger partial charge in [-0.3, -0.25) is 14.4 Å². The van der Waals surface area contributed by atoms with Crippen LogP contribution in [-0.4, -0.2) is 60.1 Å². The Balaban J connectivity index is 0.000000821. The molecule has 1 fully saturated rings. The van der Waals surface area contributed by atoms with E-state index in [4.69, 9.17) is 15.6 Å². The van der Waals surface area contributed by atoms with Gasteiger partial charge in [0.2, 0.25) is 17.7 Å². The number of nitrogens with two attached hydrogens (primary N) is 1. The summed E-state index contributed by atoms with van der Waals surface area (Å²) in [5.41, 5.74) is 4.99. The van der Waals surface area contributed by atoms with Crippen molar-refractivity contribution in [3.8, 4) is 0 Å². The maximum atomic E-state index is 12.0. The number of alkyl halides is 3. The summed E-state index contributed by atoms with van der Waals surface area (Å²) < 4.78 is 31.7. The Hall–Kier alpha value is -2.37. The number of carbonyl (C=O) groups is 4. The quantitative estimate of drug-likeness (QED) is 0.390. The Morgan fingerprint density at radius 3 is 2.19 bits per heavy atom. The number of hydrogen-bond donors (Lipinski definition) is 5. The molecule has 1 heterocycles. The molecule has 6 N–H and O–H groups in total. The Kier molecular flexibility index (Phi) is 10.4. The van der Waals surface area contributed by atoms with Crippen molar-refractivity contribution in [2.45, 2.75) is 51.4 Å². The van der Waals surface area contributed by atoms with Crippen LogP contribution in [0.3, 0.4) is 0 Å². The lowest BCUT2D eigenvalue weighted by Gasteiger charge is -2.21. The Morgan fingerprint density at radius 2 is 1.81 bits per heavy atom. The molecule has 2 atom stereocenters. The van der Waals surface area contributed by atoms with Crippen molar-refractivity contribution in [2.24, 2.45) is 11.7 Å². The van der Waals surface area contributed by atoms with E-state index in [2.05, 4.69) is 16.0 Å². The van der Waals surface area contributed by atoms with E-state index < -0.39 is 24.1 Å². The van der Waals surface area contributed by atoms with Gasteiger partial charge in [-0.1, -0.05) is 13.8 Å². The predicted molar refractivity (Wildman–Crippen MR) is 88.3 cm³/mol. The third-order valence-corrected chi connectivity index (χ3v) is 3.40. The van der Waals surface area contributed by atoms with Crippen LogP contribution in [0.15, 0.2) is 0 Å². The summed E-state index contributed by atoms with van der Waals surface area (Å²) >= 11 is 0. The molecule has 0 bridgehead atoms. The topological polar surface area (TPSA) is 151 Å². The lowest BCUT2D eigenvalue weighted by molar-refractivity contribution is -0.192. The molecule has 0 aromatic heterocycles. The molecule has 0 aliphatic carbocycles. The highest BCUT2D eigenvalue weighted by atomic mass is 19.4. The zero-order valence-corrected chi connectivity index (χ0v) is 15.1. The van der Waals surface area contributed by atoms with Crippen molar-refractivity contribution in [1.29, 1.82) is 0 Å². The van der Waals surface area contributed by atoms with Crippen LogP contribution in [-0.2, 0) is 19.2 Å². The van der Waals surface area contributed by atoms with Crippen LogP contribution in [0.1, 0.15) is 33.1 Å². The molecule has 0 radical (unpaired) electrons. The Morgan fingerprint density at radius 1 is 1.26 bits per heavy atom. The fraction of sp³-hybridized carbons (Fsp3) is 0.733. The molecule has 1 aliphatic heterocycles. The minimum absolute atomic E-state index is 0.164. The monoisotopic (exact) mass is 398 g/mol. The maximum absolute atomic E-state index is 12.0. The van der Waals surface area contributed by atoms with Crippen molar-refractivity contribution < 1.29 is 37.5 Å². The first-order chi connectivity index (χ1) is 12.3. The number of halogens is 3. The molecule has 27 heavy (non-hydrogen) atoms. The molecular formula is C15H25F3N4O5. The minimum atomic E-state index is -5.08. The van der Waals surface area contributed by atoms with Crippen LogP contribution in [0, 0.1) is 5.92 Å². The van der Waals surface area contributed by atoms with Crippen LogP contribution in [0.25, 0.3) is 0 Å². The number of primary amides is 1. The summed E-state index contributed by atoms with van der Waals surface area (Å²) in [6.45, 7) is 4.54. The van der Waals surface area contributed by atoms with Crippen molar-refractivity contribution in [3.63, 3.8) is 0 Å². The zero-order chi connectivity index (χ0) is 21.2. The molecule has 0 saturated carbocycles. The Bertz CT molecular complexity index is 534. The van der Waals surface area contributed by atoms with Crippen LogP contribution < -0.4 is 21.7 Å². The summed E-state index contributed by atoms with van der Waals surface area (Å²) in [5, 5.41) is 15.4. The number of carbonyl (C=O) groups excluding carboxylic acids is 3. The number of amides is 3. The molecule has 9 nitrogen and oxygen atoms in total. The van der Waals surface area contributed by atoms with Gasteiger partial charge in [-0.2, -0.15) is 13.2 Å². The number of carboxylic acids is 1. The van der Waals surface area contributed by atoms with Crippen LogP contribution in [0.4, 0.5) is 13.2 Å². The third kappa shape index (κ3) is 11.1. The average molecular weight is 398 g/mol. The SMILES string of the molecule is CC(C)C[C@H](NC(=O)[C@@H]1CCCN1)C(=O)NCC(N)=O.O=C(O)C(F)(F)F. The average Bonchev–Trinajstić information content (AvgIpc) is 3.05. The molecular weight excluding hydrogens is 373 g/mol. The number of aliphatic carboxylic acids is 1. The molecule has 12 heteroatoms. The molecule has 0 aromatic carbocycles. The highest BCUT2D eigenvalue weighted by Gasteiger charge is 2.38. The summed E-state index contributed by atoms with van der Waals surface area (Å²) in [6, 6.07) is -0.863. The van der Waals surface area contributed by atoms with Crippen molar-refractivity contribution >= 4 is 23.7 Å². The van der Waals surface area contributed by atoms with Crippen molar-refractivity contribution in [3.05, 3.63) is 0 Å². The summed E-state index contributed by atoms with van der Waals surface area (Å²) in [6.07, 6.45) is -2.83. The first-order valence-electron chi connectivity index (χ1n) is 8.24. The van der Waals surface area contributed by atoms with E-state index in [1.165, 1.54) is 0 Å². The zero-order valence-electron chi connectivity index (χ0n) is 15.1. The van der Waals surface area contributed by atoms with Gasteiger partial charge in [0.15, 0.2) is 0 Å². The highest BCUT2D eigenvalue weighted by Crippen LogP contribution is 2.13. The molecule has 0 unspecified atom stereocenters. The lowest BCUT2D eigenvalue weighted by Crippen LogP contribution is -2.52. The largest absolute Gasteiger partial charge is 0.490 e. The van der Waals surface area contributed by atoms with Gasteiger partial charge in [0.05, 0.1) is 12.6 Å². The van der Waals surface area contributed by atoms with Gasteiger partial charge in [-0.15, -0.1) is 0 Å². The normalized spacial score (nSPS) is 17.5. The Labute approximate surface area is 154 Å². The van der Waals surface area contributed by atoms with Gasteiger partial charge >= 0.3 is 12.1 Å². The van der Waals surface area contributed by atoms with E-state index in [0.717, 1.165) is 19.4 Å². The van der Waals surface area contributed by atoms with E-state index in [-0.39, 0.29) is 30.3 Å². The second-order valence-electron chi connectivity index (χ2n) is 6.33. The number of carboxylic acid groups (broad SMARTS) is 1. The summed E-state index contributed by atoms with van der Waals surface area (Å²) in [4.78, 5) is 43.6. The van der Waals surface area contributed by atoms with E-state index >= 15 is 0 Å². The molecule has 3 amide bonds. The second kappa shape index (κ2) is 11.4. The van der Waals surface area contributed by atoms with Gasteiger partial charge in [0.25, 0.3) is 0 Å². The number of rotatable bonds is 7. The van der Waals surface area contributed by atoms with Gasteiger partial charge in [0, 0.05) is 0 Å². The lowest BCUT2D eigenvalue weighted by atomic mass is 10.0. The molecule has 1 saturated heterocycles. The molecule has 0 spiro atoms. The summed E-state index contributed by atoms with van der Waals surface area (Å²) in [7, 11) is 0. The van der Waals surface area contributed by atoms with E-state index in [9.17, 15) is 27.6 Å². The van der Waals surface area contributed by atoms with Gasteiger partial charge < -0.3 is 26.8 Å². The van der Waals surface area contributed by atoms with Gasteiger partial charge in [0.1, 0.15) is 6.04 Å². The first kappa shape index (κ1) is 24.6. The second-order valence-corrected chi connectivity index (χ2v) is 6.33. The fourth-order valence-corrected chi connectivity index (χ4v) is 2.18. The number of nitrogens with one attached hydrogen (secondary N) is 3. The van der Waals surface area contributed by atoms with Crippen molar-refractivity contribution in [1.82, 2.24) is 16.0 Å². The van der Waals surface area contributed by atoms with E-state index in [0.29, 0.717) is 6.42 Å². The fourth-order valence-electron chi connectivity index (χ4n) is 2.18. The van der Waals surface area contributed by atoms with E-state index in [1.54, 1.807) is 0 Å². The first-order valence-corrected chi connectivity index (χ1v) is 8.24. The number of hydrogen-bond acceptors (Lipinski definition) is 5. The van der Waals surface area contributed by atoms with Gasteiger partial charge in [-0.05, 0) is 31.7 Å². The molecule has 1 rings (SSSR count). The molecule has 0 aromatic rings. The smallest absolute Gasteiger partial charge is 0.475 e. The predicted octanol–water partition coefficient (Wildman–Crippen LogP) is -0.496. The van der Waals surface area contributed by atoms with Crippen LogP contribution >= 0.6 is 0 Å². The third-order valence-electron chi connectivity index (χ3n) is 3.40. The highest BCUT2D eigenvalue weighted by molar-refractivity contribution is 5.91.